The van der Waals surface area contributed by atoms with E-state index in [4.69, 9.17) is 5.11 Å². The molecule has 6 nitrogen and oxygen atoms in total. The molecule has 3 unspecified atom stereocenters. The van der Waals surface area contributed by atoms with Gasteiger partial charge in [0.1, 0.15) is 6.10 Å². The number of aliphatic carboxylic acids is 1. The van der Waals surface area contributed by atoms with E-state index in [1.54, 1.807) is 13.0 Å². The van der Waals surface area contributed by atoms with Crippen LogP contribution in [-0.2, 0) is 10.7 Å². The third kappa shape index (κ3) is 6.43. The quantitative estimate of drug-likeness (QED) is 0.372. The Bertz CT molecular complexity index is 718. The number of rotatable bonds is 11. The molecule has 3 atom stereocenters. The zero-order valence-corrected chi connectivity index (χ0v) is 16.9. The fourth-order valence-electron chi connectivity index (χ4n) is 2.89. The van der Waals surface area contributed by atoms with Crippen molar-refractivity contribution in [2.75, 3.05) is 18.8 Å². The van der Waals surface area contributed by atoms with Crippen LogP contribution < -0.4 is 5.32 Å². The molecule has 1 fully saturated rings. The van der Waals surface area contributed by atoms with Gasteiger partial charge in [0.2, 0.25) is 0 Å². The highest BCUT2D eigenvalue weighted by Crippen LogP contribution is 2.32. The highest BCUT2D eigenvalue weighted by atomic mass is 32.2. The number of aliphatic hydroxyl groups is 1. The van der Waals surface area contributed by atoms with E-state index in [0.717, 1.165) is 12.5 Å². The van der Waals surface area contributed by atoms with E-state index >= 15 is 0 Å². The number of alkyl halides is 2. The van der Waals surface area contributed by atoms with E-state index in [0.29, 0.717) is 18.7 Å². The fourth-order valence-corrected chi connectivity index (χ4v) is 3.76. The van der Waals surface area contributed by atoms with Gasteiger partial charge in [-0.25, -0.2) is 4.79 Å². The Balaban J connectivity index is 1.87. The number of carbonyl (C=O) groups excluding carboxylic acids is 1. The van der Waals surface area contributed by atoms with Crippen molar-refractivity contribution in [1.82, 2.24) is 10.2 Å². The molecule has 160 valence electrons. The third-order valence-corrected chi connectivity index (χ3v) is 5.90. The molecule has 0 radical (unpaired) electrons. The molecule has 1 heterocycles. The Morgan fingerprint density at radius 2 is 2.07 bits per heavy atom. The normalized spacial score (nSPS) is 19.4. The Morgan fingerprint density at radius 3 is 2.72 bits per heavy atom. The molecule has 9 heteroatoms. The van der Waals surface area contributed by atoms with Gasteiger partial charge in [-0.3, -0.25) is 4.79 Å². The number of unbranched alkanes of at least 4 members (excludes halogenated alkanes) is 1. The predicted octanol–water partition coefficient (Wildman–Crippen LogP) is 3.08. The van der Waals surface area contributed by atoms with Crippen molar-refractivity contribution in [1.29, 1.82) is 0 Å². The van der Waals surface area contributed by atoms with Crippen LogP contribution in [-0.4, -0.2) is 63.4 Å². The molecule has 1 aliphatic heterocycles. The zero-order chi connectivity index (χ0) is 21.4. The number of thioether (sulfide) groups is 1. The van der Waals surface area contributed by atoms with Crippen LogP contribution in [0.4, 0.5) is 13.6 Å². The van der Waals surface area contributed by atoms with Gasteiger partial charge in [-0.2, -0.15) is 8.78 Å². The summed E-state index contributed by atoms with van der Waals surface area (Å²) in [6, 6.07) is 6.40. The number of nitrogens with one attached hydrogen (secondary N) is 1. The summed E-state index contributed by atoms with van der Waals surface area (Å²) in [6.07, 6.45) is 1.86. The molecule has 0 saturated carbocycles. The van der Waals surface area contributed by atoms with Gasteiger partial charge in [0.05, 0.1) is 11.3 Å². The lowest BCUT2D eigenvalue weighted by Gasteiger charge is -2.23. The minimum Gasteiger partial charge on any atom is -0.480 e. The van der Waals surface area contributed by atoms with Crippen LogP contribution in [0.25, 0.3) is 0 Å². The molecule has 2 rings (SSSR count). The Labute approximate surface area is 173 Å². The van der Waals surface area contributed by atoms with Gasteiger partial charge >= 0.3 is 17.9 Å². The summed E-state index contributed by atoms with van der Waals surface area (Å²) in [4.78, 5) is 24.3. The lowest BCUT2D eigenvalue weighted by Crippen LogP contribution is -2.35. The number of nitrogens with zero attached hydrogens (tertiary/aromatic N) is 1. The van der Waals surface area contributed by atoms with Crippen molar-refractivity contribution in [2.24, 2.45) is 0 Å². The Hall–Kier alpha value is -2.13. The van der Waals surface area contributed by atoms with Crippen molar-refractivity contribution < 1.29 is 28.6 Å². The van der Waals surface area contributed by atoms with Crippen LogP contribution in [0.5, 0.6) is 0 Å². The molecule has 0 spiro atoms. The highest BCUT2D eigenvalue weighted by molar-refractivity contribution is 8.00. The average Bonchev–Trinajstić information content (AvgIpc) is 3.05. The molecule has 1 aromatic carbocycles. The van der Waals surface area contributed by atoms with E-state index in [-0.39, 0.29) is 18.1 Å². The highest BCUT2D eigenvalue weighted by Gasteiger charge is 2.39. The first-order chi connectivity index (χ1) is 13.7. The number of amides is 2. The van der Waals surface area contributed by atoms with Crippen LogP contribution in [0.15, 0.2) is 42.5 Å². The maximum atomic E-state index is 14.4. The summed E-state index contributed by atoms with van der Waals surface area (Å²) in [5.41, 5.74) is -0.275. The van der Waals surface area contributed by atoms with Crippen LogP contribution in [0.1, 0.15) is 25.3 Å². The van der Waals surface area contributed by atoms with Crippen molar-refractivity contribution in [2.45, 2.75) is 43.1 Å². The first-order valence-corrected chi connectivity index (χ1v) is 10.5. The lowest BCUT2D eigenvalue weighted by molar-refractivity contribution is -0.136. The van der Waals surface area contributed by atoms with Gasteiger partial charge in [0.15, 0.2) is 0 Å². The minimum atomic E-state index is -3.43. The predicted molar refractivity (Wildman–Crippen MR) is 108 cm³/mol. The van der Waals surface area contributed by atoms with Crippen molar-refractivity contribution in [3.05, 3.63) is 48.0 Å². The number of urea groups is 1. The summed E-state index contributed by atoms with van der Waals surface area (Å²) >= 11 is 1.33. The molecule has 2 amide bonds. The van der Waals surface area contributed by atoms with Crippen molar-refractivity contribution >= 4 is 23.8 Å². The number of carboxylic acids is 1. The van der Waals surface area contributed by atoms with E-state index in [1.165, 1.54) is 47.0 Å². The number of carboxylic acid groups (broad SMARTS) is 1. The standard InChI is InChI=1S/C20H26F2N2O4S/c1-14(18(26)27)29-12-6-5-11-24-16(13-23-19(24)28)9-10-17(25)20(21,22)15-7-3-2-4-8-15/h2-4,7-10,14,16-17,25H,5-6,11-13H2,1H3,(H,23,28)(H,26,27). The maximum Gasteiger partial charge on any atom is 0.318 e. The Morgan fingerprint density at radius 1 is 1.38 bits per heavy atom. The monoisotopic (exact) mass is 428 g/mol. The number of hydrogen-bond donors (Lipinski definition) is 3. The van der Waals surface area contributed by atoms with E-state index in [9.17, 15) is 23.5 Å². The minimum absolute atomic E-state index is 0.275. The van der Waals surface area contributed by atoms with E-state index in [2.05, 4.69) is 5.32 Å². The number of benzene rings is 1. The Kier molecular flexibility index (Phi) is 8.45. The summed E-state index contributed by atoms with van der Waals surface area (Å²) in [6.45, 7) is 2.33. The summed E-state index contributed by atoms with van der Waals surface area (Å²) in [5.74, 6) is -3.63. The number of hydrogen-bond acceptors (Lipinski definition) is 4. The summed E-state index contributed by atoms with van der Waals surface area (Å²) in [7, 11) is 0. The second-order valence-electron chi connectivity index (χ2n) is 6.82. The first-order valence-electron chi connectivity index (χ1n) is 9.42. The molecule has 1 saturated heterocycles. The van der Waals surface area contributed by atoms with Gasteiger partial charge in [-0.1, -0.05) is 42.5 Å². The third-order valence-electron chi connectivity index (χ3n) is 4.68. The van der Waals surface area contributed by atoms with Crippen LogP contribution >= 0.6 is 11.8 Å². The largest absolute Gasteiger partial charge is 0.480 e. The van der Waals surface area contributed by atoms with Crippen LogP contribution in [0.2, 0.25) is 0 Å². The molecule has 0 aliphatic carbocycles. The topological polar surface area (TPSA) is 89.9 Å². The van der Waals surface area contributed by atoms with Gasteiger partial charge in [0, 0.05) is 18.7 Å². The molecule has 1 aromatic rings. The second-order valence-corrected chi connectivity index (χ2v) is 8.27. The van der Waals surface area contributed by atoms with E-state index < -0.39 is 29.3 Å². The maximum absolute atomic E-state index is 14.4. The van der Waals surface area contributed by atoms with Gasteiger partial charge in [-0.15, -0.1) is 11.8 Å². The molecule has 29 heavy (non-hydrogen) atoms. The molecule has 0 bridgehead atoms. The van der Waals surface area contributed by atoms with Crippen LogP contribution in [0.3, 0.4) is 0 Å². The molecule has 1 aliphatic rings. The summed E-state index contributed by atoms with van der Waals surface area (Å²) < 4.78 is 28.7. The molecule has 0 aromatic heterocycles. The number of carbonyl (C=O) groups is 2. The number of aliphatic hydroxyl groups excluding tert-OH is 1. The molecule has 3 N–H and O–H groups in total. The lowest BCUT2D eigenvalue weighted by atomic mass is 10.0. The smallest absolute Gasteiger partial charge is 0.318 e. The van der Waals surface area contributed by atoms with Crippen molar-refractivity contribution in [3.63, 3.8) is 0 Å². The summed E-state index contributed by atoms with van der Waals surface area (Å²) in [5, 5.41) is 21.0. The average molecular weight is 429 g/mol. The first kappa shape index (κ1) is 23.2. The molecular formula is C20H26F2N2O4S. The number of halogens is 2. The fraction of sp³-hybridized carbons (Fsp3) is 0.500. The van der Waals surface area contributed by atoms with Gasteiger partial charge in [0.25, 0.3) is 0 Å². The van der Waals surface area contributed by atoms with Gasteiger partial charge in [-0.05, 0) is 25.5 Å². The second kappa shape index (κ2) is 10.6. The van der Waals surface area contributed by atoms with Crippen molar-refractivity contribution in [3.8, 4) is 0 Å². The van der Waals surface area contributed by atoms with Gasteiger partial charge < -0.3 is 20.4 Å². The van der Waals surface area contributed by atoms with E-state index in [1.807, 2.05) is 0 Å². The SMILES string of the molecule is CC(SCCCCN1C(=O)NCC1C=CC(O)C(F)(F)c1ccccc1)C(=O)O. The van der Waals surface area contributed by atoms with Crippen LogP contribution in [0, 0.1) is 0 Å². The zero-order valence-electron chi connectivity index (χ0n) is 16.1. The molecular weight excluding hydrogens is 402 g/mol.